The second kappa shape index (κ2) is 9.14. The Balaban J connectivity index is 2.24. The van der Waals surface area contributed by atoms with Crippen LogP contribution in [0.5, 0.6) is 0 Å². The van der Waals surface area contributed by atoms with E-state index in [0.717, 1.165) is 38.9 Å². The first-order valence-corrected chi connectivity index (χ1v) is 7.68. The van der Waals surface area contributed by atoms with Crippen LogP contribution in [-0.4, -0.2) is 50.2 Å². The Bertz CT molecular complexity index is 316. The van der Waals surface area contributed by atoms with Crippen molar-refractivity contribution in [1.82, 2.24) is 10.2 Å². The highest BCUT2D eigenvalue weighted by atomic mass is 16.5. The van der Waals surface area contributed by atoms with Gasteiger partial charge < -0.3 is 15.0 Å². The van der Waals surface area contributed by atoms with E-state index in [2.05, 4.69) is 30.1 Å². The third-order valence-electron chi connectivity index (χ3n) is 3.76. The Morgan fingerprint density at radius 2 is 2.05 bits per heavy atom. The van der Waals surface area contributed by atoms with Gasteiger partial charge in [-0.1, -0.05) is 11.6 Å². The highest BCUT2D eigenvalue weighted by Crippen LogP contribution is 2.17. The van der Waals surface area contributed by atoms with Crippen molar-refractivity contribution in [3.8, 4) is 0 Å². The first kappa shape index (κ1) is 17.2. The van der Waals surface area contributed by atoms with Crippen LogP contribution in [0, 0.1) is 5.92 Å². The van der Waals surface area contributed by atoms with Gasteiger partial charge in [-0.15, -0.1) is 0 Å². The second-order valence-corrected chi connectivity index (χ2v) is 6.05. The van der Waals surface area contributed by atoms with Gasteiger partial charge in [0.25, 0.3) is 0 Å². The fourth-order valence-electron chi connectivity index (χ4n) is 2.61. The topological polar surface area (TPSA) is 41.6 Å². The van der Waals surface area contributed by atoms with Gasteiger partial charge in [-0.3, -0.25) is 4.79 Å². The summed E-state index contributed by atoms with van der Waals surface area (Å²) < 4.78 is 5.04. The summed E-state index contributed by atoms with van der Waals surface area (Å²) in [5.41, 5.74) is 1.38. The average molecular weight is 282 g/mol. The van der Waals surface area contributed by atoms with Crippen LogP contribution in [0.4, 0.5) is 0 Å². The average Bonchev–Trinajstić information content (AvgIpc) is 2.39. The Morgan fingerprint density at radius 1 is 1.40 bits per heavy atom. The molecule has 1 amide bonds. The van der Waals surface area contributed by atoms with Crippen LogP contribution in [0.15, 0.2) is 11.6 Å². The molecular formula is C16H30N2O2. The summed E-state index contributed by atoms with van der Waals surface area (Å²) >= 11 is 0. The molecule has 1 aliphatic rings. The number of methoxy groups -OCH3 is 1. The fourth-order valence-corrected chi connectivity index (χ4v) is 2.61. The van der Waals surface area contributed by atoms with Gasteiger partial charge in [0.15, 0.2) is 0 Å². The number of nitrogens with one attached hydrogen (secondary N) is 1. The van der Waals surface area contributed by atoms with Gasteiger partial charge in [0, 0.05) is 25.6 Å². The molecule has 4 heteroatoms. The Morgan fingerprint density at radius 3 is 2.60 bits per heavy atom. The number of hydrogen-bond donors (Lipinski definition) is 1. The van der Waals surface area contributed by atoms with Crippen LogP contribution >= 0.6 is 0 Å². The zero-order valence-corrected chi connectivity index (χ0v) is 13.4. The lowest BCUT2D eigenvalue weighted by molar-refractivity contribution is -0.127. The maximum absolute atomic E-state index is 12.1. The Kier molecular flexibility index (Phi) is 7.85. The molecule has 0 radical (unpaired) electrons. The second-order valence-electron chi connectivity index (χ2n) is 6.05. The molecule has 20 heavy (non-hydrogen) atoms. The fraction of sp³-hybridized carbons (Fsp3) is 0.812. The van der Waals surface area contributed by atoms with Crippen LogP contribution < -0.4 is 5.32 Å². The Labute approximate surface area is 123 Å². The first-order valence-electron chi connectivity index (χ1n) is 7.68. The Hall–Kier alpha value is -0.870. The maximum atomic E-state index is 12.1. The number of rotatable bonds is 7. The summed E-state index contributed by atoms with van der Waals surface area (Å²) in [6, 6.07) is 0.100. The SMILES string of the molecule is COC[C@@H](C)NC(=O)C1CCN(CCC=C(C)C)CC1. The van der Waals surface area contributed by atoms with Gasteiger partial charge in [0.1, 0.15) is 0 Å². The molecule has 0 aromatic rings. The van der Waals surface area contributed by atoms with Crippen LogP contribution in [0.1, 0.15) is 40.0 Å². The molecule has 1 aliphatic heterocycles. The standard InChI is InChI=1S/C16H30N2O2/c1-13(2)6-5-9-18-10-7-15(8-11-18)16(19)17-14(3)12-20-4/h6,14-15H,5,7-12H2,1-4H3,(H,17,19)/t14-/m1/s1. The normalized spacial score (nSPS) is 18.6. The summed E-state index contributed by atoms with van der Waals surface area (Å²) in [6.45, 7) is 10.0. The highest BCUT2D eigenvalue weighted by molar-refractivity contribution is 5.79. The number of nitrogens with zero attached hydrogens (tertiary/aromatic N) is 1. The minimum atomic E-state index is 0.100. The van der Waals surface area contributed by atoms with E-state index in [1.807, 2.05) is 6.92 Å². The van der Waals surface area contributed by atoms with Crippen molar-refractivity contribution in [1.29, 1.82) is 0 Å². The molecule has 116 valence electrons. The molecule has 0 saturated carbocycles. The summed E-state index contributed by atoms with van der Waals surface area (Å²) in [7, 11) is 1.66. The summed E-state index contributed by atoms with van der Waals surface area (Å²) in [4.78, 5) is 14.6. The lowest BCUT2D eigenvalue weighted by Crippen LogP contribution is -2.44. The molecule has 0 unspecified atom stereocenters. The molecule has 1 fully saturated rings. The monoisotopic (exact) mass is 282 g/mol. The van der Waals surface area contributed by atoms with Crippen molar-refractivity contribution >= 4 is 5.91 Å². The molecule has 1 heterocycles. The molecule has 0 aromatic heterocycles. The van der Waals surface area contributed by atoms with Crippen molar-refractivity contribution in [2.24, 2.45) is 5.92 Å². The summed E-state index contributed by atoms with van der Waals surface area (Å²) in [6.07, 6.45) is 5.34. The molecule has 4 nitrogen and oxygen atoms in total. The number of carbonyl (C=O) groups excluding carboxylic acids is 1. The summed E-state index contributed by atoms with van der Waals surface area (Å²) in [5.74, 6) is 0.368. The number of amides is 1. The minimum Gasteiger partial charge on any atom is -0.383 e. The minimum absolute atomic E-state index is 0.100. The molecule has 1 atom stereocenters. The summed E-state index contributed by atoms with van der Waals surface area (Å²) in [5, 5.41) is 3.03. The smallest absolute Gasteiger partial charge is 0.223 e. The van der Waals surface area contributed by atoms with E-state index in [1.54, 1.807) is 7.11 Å². The van der Waals surface area contributed by atoms with Gasteiger partial charge in [-0.2, -0.15) is 0 Å². The first-order chi connectivity index (χ1) is 9.52. The number of piperidine rings is 1. The van der Waals surface area contributed by atoms with Crippen molar-refractivity contribution in [3.63, 3.8) is 0 Å². The predicted octanol–water partition coefficient (Wildman–Crippen LogP) is 2.21. The number of allylic oxidation sites excluding steroid dienone is 1. The van der Waals surface area contributed by atoms with Gasteiger partial charge >= 0.3 is 0 Å². The molecule has 1 saturated heterocycles. The van der Waals surface area contributed by atoms with Gasteiger partial charge in [0.05, 0.1) is 6.61 Å². The van der Waals surface area contributed by atoms with Crippen molar-refractivity contribution in [2.45, 2.75) is 46.1 Å². The van der Waals surface area contributed by atoms with Crippen LogP contribution in [0.3, 0.4) is 0 Å². The molecular weight excluding hydrogens is 252 g/mol. The highest BCUT2D eigenvalue weighted by Gasteiger charge is 2.25. The lowest BCUT2D eigenvalue weighted by atomic mass is 9.95. The molecule has 1 N–H and O–H groups in total. The number of likely N-dealkylation sites (tertiary alicyclic amines) is 1. The molecule has 0 aliphatic carbocycles. The predicted molar refractivity (Wildman–Crippen MR) is 82.7 cm³/mol. The van der Waals surface area contributed by atoms with Crippen LogP contribution in [0.2, 0.25) is 0 Å². The van der Waals surface area contributed by atoms with Gasteiger partial charge in [0.2, 0.25) is 5.91 Å². The van der Waals surface area contributed by atoms with E-state index >= 15 is 0 Å². The third kappa shape index (κ3) is 6.53. The molecule has 1 rings (SSSR count). The van der Waals surface area contributed by atoms with Gasteiger partial charge in [-0.05, 0) is 53.1 Å². The molecule has 0 bridgehead atoms. The van der Waals surface area contributed by atoms with Crippen molar-refractivity contribution < 1.29 is 9.53 Å². The van der Waals surface area contributed by atoms with E-state index in [-0.39, 0.29) is 17.9 Å². The zero-order valence-electron chi connectivity index (χ0n) is 13.4. The van der Waals surface area contributed by atoms with E-state index < -0.39 is 0 Å². The van der Waals surface area contributed by atoms with E-state index in [9.17, 15) is 4.79 Å². The van der Waals surface area contributed by atoms with Crippen LogP contribution in [-0.2, 0) is 9.53 Å². The number of carbonyl (C=O) groups is 1. The van der Waals surface area contributed by atoms with Gasteiger partial charge in [-0.25, -0.2) is 0 Å². The van der Waals surface area contributed by atoms with Crippen molar-refractivity contribution in [3.05, 3.63) is 11.6 Å². The largest absolute Gasteiger partial charge is 0.383 e. The van der Waals surface area contributed by atoms with E-state index in [0.29, 0.717) is 6.61 Å². The molecule has 0 aromatic carbocycles. The number of ether oxygens (including phenoxy) is 1. The van der Waals surface area contributed by atoms with Crippen LogP contribution in [0.25, 0.3) is 0 Å². The van der Waals surface area contributed by atoms with E-state index in [4.69, 9.17) is 4.74 Å². The van der Waals surface area contributed by atoms with Crippen molar-refractivity contribution in [2.75, 3.05) is 33.4 Å². The number of hydrogen-bond acceptors (Lipinski definition) is 3. The lowest BCUT2D eigenvalue weighted by Gasteiger charge is -2.31. The molecule has 0 spiro atoms. The maximum Gasteiger partial charge on any atom is 0.223 e. The third-order valence-corrected chi connectivity index (χ3v) is 3.76. The quantitative estimate of drug-likeness (QED) is 0.728. The van der Waals surface area contributed by atoms with E-state index in [1.165, 1.54) is 5.57 Å². The zero-order chi connectivity index (χ0) is 15.0.